The summed E-state index contributed by atoms with van der Waals surface area (Å²) in [6.45, 7) is 6.33. The molecule has 5 aromatic rings. The number of rotatable bonds is 12. The Bertz CT molecular complexity index is 2330. The van der Waals surface area contributed by atoms with Crippen LogP contribution in [-0.4, -0.2) is 84.7 Å². The van der Waals surface area contributed by atoms with E-state index in [2.05, 4.69) is 35.3 Å². The average molecular weight is 799 g/mol. The lowest BCUT2D eigenvalue weighted by Gasteiger charge is -2.36. The predicted molar refractivity (Wildman–Crippen MR) is 200 cm³/mol. The minimum Gasteiger partial charge on any atom is -0.367 e. The van der Waals surface area contributed by atoms with Gasteiger partial charge in [-0.15, -0.1) is 5.10 Å². The van der Waals surface area contributed by atoms with Crippen LogP contribution in [0.3, 0.4) is 0 Å². The van der Waals surface area contributed by atoms with Gasteiger partial charge in [0.25, 0.3) is 0 Å². The summed E-state index contributed by atoms with van der Waals surface area (Å²) in [5.41, 5.74) is 0.536. The second-order valence-electron chi connectivity index (χ2n) is 14.1. The number of hydrogen-bond acceptors (Lipinski definition) is 10. The lowest BCUT2D eigenvalue weighted by molar-refractivity contribution is -0.226. The fourth-order valence-corrected chi connectivity index (χ4v) is 7.58. The number of aromatic nitrogens is 7. The maximum atomic E-state index is 14.5. The quantitative estimate of drug-likeness (QED) is 0.101. The van der Waals surface area contributed by atoms with E-state index < -0.39 is 41.7 Å². The number of unbranched alkanes of at least 4 members (excludes halogenated alkanes) is 2. The highest BCUT2D eigenvalue weighted by atomic mass is 19.4. The monoisotopic (exact) mass is 798 g/mol. The summed E-state index contributed by atoms with van der Waals surface area (Å²) in [6, 6.07) is 6.41. The molecule has 0 bridgehead atoms. The molecule has 13 nitrogen and oxygen atoms in total. The van der Waals surface area contributed by atoms with Crippen LogP contribution in [0.4, 0.5) is 43.7 Å². The van der Waals surface area contributed by atoms with Gasteiger partial charge in [0.1, 0.15) is 12.0 Å². The summed E-state index contributed by atoms with van der Waals surface area (Å²) in [5.74, 6) is 1.31. The number of aryl methyl sites for hydroxylation is 2. The van der Waals surface area contributed by atoms with Crippen molar-refractivity contribution in [2.75, 3.05) is 34.8 Å². The molecule has 0 spiro atoms. The molecule has 1 amide bonds. The van der Waals surface area contributed by atoms with Crippen LogP contribution in [-0.2, 0) is 22.3 Å². The lowest BCUT2D eigenvalue weighted by Crippen LogP contribution is -2.50. The number of fused-ring (bicyclic) bond motifs is 2. The molecule has 19 heteroatoms. The number of carbonyl (C=O) groups is 1. The second-order valence-corrected chi connectivity index (χ2v) is 14.1. The summed E-state index contributed by atoms with van der Waals surface area (Å²) in [5, 5.41) is 7.21. The van der Waals surface area contributed by atoms with Gasteiger partial charge in [0.05, 0.1) is 30.0 Å². The first-order chi connectivity index (χ1) is 27.1. The number of benzene rings is 1. The molecule has 0 radical (unpaired) electrons. The molecule has 0 aliphatic carbocycles. The summed E-state index contributed by atoms with van der Waals surface area (Å²) in [4.78, 5) is 47.8. The number of ether oxygens (including phenoxy) is 1. The van der Waals surface area contributed by atoms with E-state index in [4.69, 9.17) is 4.74 Å². The Kier molecular flexibility index (Phi) is 10.9. The molecule has 1 aromatic carbocycles. The summed E-state index contributed by atoms with van der Waals surface area (Å²) in [7, 11) is 0. The van der Waals surface area contributed by atoms with Gasteiger partial charge in [0.2, 0.25) is 11.5 Å². The number of carbonyl (C=O) groups excluding carboxylic acids is 1. The molecular weight excluding hydrogens is 758 g/mol. The smallest absolute Gasteiger partial charge is 0.367 e. The molecular formula is C38H40F6N10O3. The van der Waals surface area contributed by atoms with Gasteiger partial charge in [-0.25, -0.2) is 19.9 Å². The van der Waals surface area contributed by atoms with Gasteiger partial charge in [0, 0.05) is 59.7 Å². The van der Waals surface area contributed by atoms with Crippen molar-refractivity contribution in [2.45, 2.75) is 90.0 Å². The number of H-pyrrole nitrogens is 1. The van der Waals surface area contributed by atoms with E-state index in [1.807, 2.05) is 19.9 Å². The van der Waals surface area contributed by atoms with Crippen molar-refractivity contribution in [1.82, 2.24) is 34.7 Å². The van der Waals surface area contributed by atoms with Gasteiger partial charge in [-0.2, -0.15) is 26.3 Å². The van der Waals surface area contributed by atoms with E-state index in [-0.39, 0.29) is 42.1 Å². The Hall–Kier alpha value is -5.59. The number of amides is 1. The molecule has 6 heterocycles. The fourth-order valence-electron chi connectivity index (χ4n) is 7.58. The molecule has 1 fully saturated rings. The van der Waals surface area contributed by atoms with Gasteiger partial charge in [-0.05, 0) is 83.2 Å². The third-order valence-electron chi connectivity index (χ3n) is 10.3. The highest BCUT2D eigenvalue weighted by molar-refractivity contribution is 6.00. The number of nitrogens with one attached hydrogen (secondary N) is 2. The second kappa shape index (κ2) is 15.7. The van der Waals surface area contributed by atoms with Crippen LogP contribution in [0.5, 0.6) is 0 Å². The molecule has 2 N–H and O–H groups in total. The molecule has 7 rings (SSSR count). The number of nitrogens with zero attached hydrogens (tertiary/aromatic N) is 8. The van der Waals surface area contributed by atoms with Crippen molar-refractivity contribution in [3.63, 3.8) is 0 Å². The van der Waals surface area contributed by atoms with E-state index in [0.29, 0.717) is 79.4 Å². The van der Waals surface area contributed by atoms with Gasteiger partial charge >= 0.3 is 12.4 Å². The van der Waals surface area contributed by atoms with Crippen LogP contribution >= 0.6 is 0 Å². The largest absolute Gasteiger partial charge is 0.417 e. The maximum Gasteiger partial charge on any atom is 0.417 e. The molecule has 2 aliphatic rings. The number of anilines is 3. The van der Waals surface area contributed by atoms with E-state index in [0.717, 1.165) is 5.56 Å². The zero-order chi connectivity index (χ0) is 40.6. The number of hydrogen-bond donors (Lipinski definition) is 2. The fraction of sp³-hybridized carbons (Fsp3) is 0.447. The van der Waals surface area contributed by atoms with Crippen LogP contribution in [0, 0.1) is 6.92 Å². The zero-order valence-corrected chi connectivity index (χ0v) is 31.3. The predicted octanol–water partition coefficient (Wildman–Crippen LogP) is 6.92. The van der Waals surface area contributed by atoms with E-state index in [1.165, 1.54) is 23.1 Å². The molecule has 4 aromatic heterocycles. The first kappa shape index (κ1) is 39.6. The first-order valence-corrected chi connectivity index (χ1v) is 18.6. The average Bonchev–Trinajstić information content (AvgIpc) is 3.79. The van der Waals surface area contributed by atoms with Gasteiger partial charge in [0.15, 0.2) is 23.6 Å². The van der Waals surface area contributed by atoms with Gasteiger partial charge in [-0.1, -0.05) is 0 Å². The lowest BCUT2D eigenvalue weighted by atomic mass is 10.0. The van der Waals surface area contributed by atoms with Crippen molar-refractivity contribution < 1.29 is 35.9 Å². The Morgan fingerprint density at radius 1 is 0.965 bits per heavy atom. The molecule has 3 atom stereocenters. The minimum atomic E-state index is -4.83. The SMILES string of the molecule is CCN1C(=O)CNc2ncc(-c3ccc(-c4ncn(CCCCCOC([C@H]5CC[C@H](C)N5c5ccc6[nH]c(=O)cc(C(F)(F)F)c6c5)C(F)(F)F)n4)nc3C)nc21. The van der Waals surface area contributed by atoms with Crippen molar-refractivity contribution in [2.24, 2.45) is 0 Å². The third kappa shape index (κ3) is 8.29. The standard InChI is InChI=1S/C38H40F6N10O3/c1-4-53-32(56)19-46-35-36(53)50-29(18-45-35)24-10-12-28(48-22(24)3)34-47-20-52(51-34)14-6-5-7-15-57-33(38(42,43)44)30-13-8-21(2)54(30)23-9-11-27-25(16-23)26(37(39,40)41)17-31(55)49-27/h9-12,16-18,20-21,30,33H,4-8,13-15,19H2,1-3H3,(H,45,46)(H,49,55)/t21-,30+,33?/m0/s1. The van der Waals surface area contributed by atoms with Crippen LogP contribution in [0.2, 0.25) is 0 Å². The molecule has 0 saturated carbocycles. The molecule has 302 valence electrons. The van der Waals surface area contributed by atoms with E-state index in [1.54, 1.807) is 35.1 Å². The van der Waals surface area contributed by atoms with Crippen LogP contribution < -0.4 is 20.7 Å². The summed E-state index contributed by atoms with van der Waals surface area (Å²) >= 11 is 0. The Balaban J connectivity index is 0.952. The number of pyridine rings is 2. The Morgan fingerprint density at radius 3 is 2.51 bits per heavy atom. The highest BCUT2D eigenvalue weighted by Crippen LogP contribution is 2.41. The van der Waals surface area contributed by atoms with Crippen LogP contribution in [0.25, 0.3) is 33.7 Å². The van der Waals surface area contributed by atoms with Crippen molar-refractivity contribution in [1.29, 1.82) is 0 Å². The number of alkyl halides is 6. The number of halogens is 6. The van der Waals surface area contributed by atoms with Crippen molar-refractivity contribution in [3.8, 4) is 22.8 Å². The van der Waals surface area contributed by atoms with Gasteiger partial charge in [-0.3, -0.25) is 19.2 Å². The Labute approximate surface area is 322 Å². The first-order valence-electron chi connectivity index (χ1n) is 18.6. The number of aromatic amines is 1. The molecule has 57 heavy (non-hydrogen) atoms. The highest BCUT2D eigenvalue weighted by Gasteiger charge is 2.50. The van der Waals surface area contributed by atoms with Gasteiger partial charge < -0.3 is 19.9 Å². The van der Waals surface area contributed by atoms with Crippen molar-refractivity contribution in [3.05, 3.63) is 70.5 Å². The zero-order valence-electron chi connectivity index (χ0n) is 31.3. The summed E-state index contributed by atoms with van der Waals surface area (Å²) in [6.07, 6.45) is -6.56. The molecule has 1 saturated heterocycles. The molecule has 1 unspecified atom stereocenters. The molecule has 2 aliphatic heterocycles. The third-order valence-corrected chi connectivity index (χ3v) is 10.3. The normalized spacial score (nSPS) is 17.9. The Morgan fingerprint density at radius 2 is 1.77 bits per heavy atom. The minimum absolute atomic E-state index is 0.0616. The van der Waals surface area contributed by atoms with E-state index >= 15 is 0 Å². The summed E-state index contributed by atoms with van der Waals surface area (Å²) < 4.78 is 92.1. The number of likely N-dealkylation sites (N-methyl/N-ethyl adjacent to an activating group) is 1. The van der Waals surface area contributed by atoms with Crippen molar-refractivity contribution >= 4 is 34.1 Å². The van der Waals surface area contributed by atoms with E-state index in [9.17, 15) is 35.9 Å². The maximum absolute atomic E-state index is 14.5. The van der Waals surface area contributed by atoms with Crippen LogP contribution in [0.15, 0.2) is 53.7 Å². The van der Waals surface area contributed by atoms with Crippen LogP contribution in [0.1, 0.15) is 57.2 Å². The topological polar surface area (TPSA) is 147 Å².